The summed E-state index contributed by atoms with van der Waals surface area (Å²) in [6, 6.07) is 1.70. The van der Waals surface area contributed by atoms with Crippen molar-refractivity contribution in [3.8, 4) is 0 Å². The monoisotopic (exact) mass is 311 g/mol. The summed E-state index contributed by atoms with van der Waals surface area (Å²) in [5.41, 5.74) is 1.01. The molecule has 0 bridgehead atoms. The molecule has 21 heavy (non-hydrogen) atoms. The first-order valence-electron chi connectivity index (χ1n) is 5.82. The Hall–Kier alpha value is -2.33. The Kier molecular flexibility index (Phi) is 4.29. The second kappa shape index (κ2) is 5.97. The smallest absolute Gasteiger partial charge is 0.339 e. The molecular formula is C11H13N5O4S. The molecule has 0 aliphatic heterocycles. The van der Waals surface area contributed by atoms with Crippen molar-refractivity contribution >= 4 is 17.7 Å². The SMILES string of the molecule is Cc1cc(CSc2nc(=O)c(=O)[nH]n2C)oc1C(=O)NN. The van der Waals surface area contributed by atoms with Crippen LogP contribution >= 0.6 is 11.8 Å². The lowest BCUT2D eigenvalue weighted by Crippen LogP contribution is -2.33. The van der Waals surface area contributed by atoms with E-state index in [2.05, 4.69) is 10.1 Å². The molecule has 2 aromatic heterocycles. The number of hydrogen-bond acceptors (Lipinski definition) is 7. The summed E-state index contributed by atoms with van der Waals surface area (Å²) in [5, 5.41) is 2.67. The van der Waals surface area contributed by atoms with Gasteiger partial charge in [-0.25, -0.2) is 5.84 Å². The predicted octanol–water partition coefficient (Wildman–Crippen LogP) is -0.734. The van der Waals surface area contributed by atoms with Gasteiger partial charge in [0, 0.05) is 12.6 Å². The Bertz CT molecular complexity index is 791. The van der Waals surface area contributed by atoms with Crippen molar-refractivity contribution in [2.24, 2.45) is 12.9 Å². The molecule has 112 valence electrons. The molecule has 2 rings (SSSR count). The zero-order valence-electron chi connectivity index (χ0n) is 11.3. The van der Waals surface area contributed by atoms with E-state index in [1.807, 2.05) is 5.43 Å². The van der Waals surface area contributed by atoms with Crippen molar-refractivity contribution in [1.82, 2.24) is 20.2 Å². The van der Waals surface area contributed by atoms with Gasteiger partial charge in [-0.15, -0.1) is 0 Å². The highest BCUT2D eigenvalue weighted by Crippen LogP contribution is 2.22. The van der Waals surface area contributed by atoms with E-state index in [0.717, 1.165) is 0 Å². The van der Waals surface area contributed by atoms with Gasteiger partial charge in [0.2, 0.25) is 0 Å². The maximum absolute atomic E-state index is 11.4. The number of nitrogens with zero attached hydrogens (tertiary/aromatic N) is 2. The number of hydrogen-bond donors (Lipinski definition) is 3. The third-order valence-electron chi connectivity index (χ3n) is 2.60. The van der Waals surface area contributed by atoms with Gasteiger partial charge in [0.25, 0.3) is 0 Å². The summed E-state index contributed by atoms with van der Waals surface area (Å²) in [6.07, 6.45) is 0. The highest BCUT2D eigenvalue weighted by Gasteiger charge is 2.15. The number of carbonyl (C=O) groups excluding carboxylic acids is 1. The lowest BCUT2D eigenvalue weighted by Gasteiger charge is -2.04. The van der Waals surface area contributed by atoms with Crippen LogP contribution in [0, 0.1) is 6.92 Å². The molecule has 0 saturated heterocycles. The second-order valence-electron chi connectivity index (χ2n) is 4.19. The van der Waals surface area contributed by atoms with E-state index in [1.165, 1.54) is 16.4 Å². The topological polar surface area (TPSA) is 136 Å². The van der Waals surface area contributed by atoms with Gasteiger partial charge < -0.3 is 4.42 Å². The molecule has 0 fully saturated rings. The quantitative estimate of drug-likeness (QED) is 0.222. The molecule has 10 heteroatoms. The van der Waals surface area contributed by atoms with Crippen LogP contribution < -0.4 is 22.4 Å². The Balaban J connectivity index is 2.17. The first-order valence-corrected chi connectivity index (χ1v) is 6.81. The maximum Gasteiger partial charge on any atom is 0.339 e. The Morgan fingerprint density at radius 1 is 1.57 bits per heavy atom. The fraction of sp³-hybridized carbons (Fsp3) is 0.273. The molecular weight excluding hydrogens is 298 g/mol. The highest BCUT2D eigenvalue weighted by molar-refractivity contribution is 7.98. The highest BCUT2D eigenvalue weighted by atomic mass is 32.2. The van der Waals surface area contributed by atoms with Gasteiger partial charge in [-0.05, 0) is 13.0 Å². The first-order chi connectivity index (χ1) is 9.92. The molecule has 1 amide bonds. The van der Waals surface area contributed by atoms with Crippen LogP contribution in [0.5, 0.6) is 0 Å². The largest absolute Gasteiger partial charge is 0.455 e. The van der Waals surface area contributed by atoms with E-state index in [9.17, 15) is 14.4 Å². The number of rotatable bonds is 4. The average Bonchev–Trinajstić information content (AvgIpc) is 2.81. The summed E-state index contributed by atoms with van der Waals surface area (Å²) in [4.78, 5) is 37.4. The maximum atomic E-state index is 11.4. The number of furan rings is 1. The fourth-order valence-electron chi connectivity index (χ4n) is 1.64. The molecule has 0 aliphatic carbocycles. The van der Waals surface area contributed by atoms with Crippen LogP contribution in [-0.4, -0.2) is 20.7 Å². The van der Waals surface area contributed by atoms with E-state index in [1.54, 1.807) is 20.0 Å². The van der Waals surface area contributed by atoms with E-state index in [4.69, 9.17) is 10.3 Å². The number of nitrogens with one attached hydrogen (secondary N) is 2. The lowest BCUT2D eigenvalue weighted by molar-refractivity contribution is 0.0923. The first kappa shape index (κ1) is 15.1. The Labute approximate surface area is 122 Å². The van der Waals surface area contributed by atoms with Crippen LogP contribution in [0.15, 0.2) is 25.2 Å². The molecule has 0 saturated carbocycles. The van der Waals surface area contributed by atoms with Crippen LogP contribution in [0.25, 0.3) is 0 Å². The Morgan fingerprint density at radius 3 is 2.95 bits per heavy atom. The third-order valence-corrected chi connectivity index (χ3v) is 3.65. The van der Waals surface area contributed by atoms with Crippen molar-refractivity contribution < 1.29 is 9.21 Å². The van der Waals surface area contributed by atoms with Crippen molar-refractivity contribution in [3.05, 3.63) is 43.9 Å². The lowest BCUT2D eigenvalue weighted by atomic mass is 10.2. The number of aryl methyl sites for hydroxylation is 2. The van der Waals surface area contributed by atoms with Gasteiger partial charge in [0.05, 0.1) is 5.75 Å². The van der Waals surface area contributed by atoms with Crippen molar-refractivity contribution in [3.63, 3.8) is 0 Å². The van der Waals surface area contributed by atoms with Crippen molar-refractivity contribution in [2.75, 3.05) is 0 Å². The number of amides is 1. The van der Waals surface area contributed by atoms with Gasteiger partial charge in [0.15, 0.2) is 10.9 Å². The minimum atomic E-state index is -0.852. The molecule has 0 aromatic carbocycles. The molecule has 0 unspecified atom stereocenters. The summed E-state index contributed by atoms with van der Waals surface area (Å²) in [5.74, 6) is 5.53. The Morgan fingerprint density at radius 2 is 2.29 bits per heavy atom. The van der Waals surface area contributed by atoms with Crippen LogP contribution in [0.1, 0.15) is 21.9 Å². The summed E-state index contributed by atoms with van der Waals surface area (Å²) in [7, 11) is 1.57. The summed E-state index contributed by atoms with van der Waals surface area (Å²) in [6.45, 7) is 1.72. The molecule has 0 aliphatic rings. The van der Waals surface area contributed by atoms with E-state index >= 15 is 0 Å². The molecule has 4 N–H and O–H groups in total. The number of thioether (sulfide) groups is 1. The van der Waals surface area contributed by atoms with E-state index in [-0.39, 0.29) is 5.76 Å². The van der Waals surface area contributed by atoms with Crippen LogP contribution in [0.3, 0.4) is 0 Å². The standard InChI is InChI=1S/C11H13N5O4S/c1-5-3-6(20-7(5)8(17)14-12)4-21-11-13-9(18)10(19)15-16(11)2/h3H,4,12H2,1-2H3,(H,14,17)(H,15,19). The molecule has 2 aromatic rings. The number of aromatic amines is 1. The third kappa shape index (κ3) is 3.23. The van der Waals surface area contributed by atoms with Crippen molar-refractivity contribution in [1.29, 1.82) is 0 Å². The minimum absolute atomic E-state index is 0.136. The normalized spacial score (nSPS) is 10.6. The zero-order valence-corrected chi connectivity index (χ0v) is 12.1. The van der Waals surface area contributed by atoms with Gasteiger partial charge >= 0.3 is 17.0 Å². The number of hydrazine groups is 1. The zero-order chi connectivity index (χ0) is 15.6. The van der Waals surface area contributed by atoms with Crippen LogP contribution in [0.4, 0.5) is 0 Å². The number of nitrogen functional groups attached to an aromatic ring is 1. The fourth-order valence-corrected chi connectivity index (χ4v) is 2.44. The van der Waals surface area contributed by atoms with Crippen molar-refractivity contribution in [2.45, 2.75) is 17.8 Å². The van der Waals surface area contributed by atoms with Gasteiger partial charge in [-0.3, -0.25) is 29.6 Å². The molecule has 2 heterocycles. The van der Waals surface area contributed by atoms with E-state index in [0.29, 0.717) is 22.2 Å². The second-order valence-corrected chi connectivity index (χ2v) is 5.13. The van der Waals surface area contributed by atoms with Gasteiger partial charge in [-0.2, -0.15) is 4.98 Å². The molecule has 9 nitrogen and oxygen atoms in total. The number of aromatic nitrogens is 3. The summed E-state index contributed by atoms with van der Waals surface area (Å²) >= 11 is 1.19. The number of carbonyl (C=O) groups is 1. The van der Waals surface area contributed by atoms with Gasteiger partial charge in [-0.1, -0.05) is 11.8 Å². The molecule has 0 spiro atoms. The number of nitrogens with two attached hydrogens (primary N) is 1. The van der Waals surface area contributed by atoms with Gasteiger partial charge in [0.1, 0.15) is 5.76 Å². The number of H-pyrrole nitrogens is 1. The average molecular weight is 311 g/mol. The predicted molar refractivity (Wildman–Crippen MR) is 74.8 cm³/mol. The van der Waals surface area contributed by atoms with E-state index < -0.39 is 17.0 Å². The molecule has 0 atom stereocenters. The minimum Gasteiger partial charge on any atom is -0.455 e. The summed E-state index contributed by atoms with van der Waals surface area (Å²) < 4.78 is 6.73. The van der Waals surface area contributed by atoms with Crippen LogP contribution in [-0.2, 0) is 12.8 Å². The molecule has 0 radical (unpaired) electrons. The van der Waals surface area contributed by atoms with Crippen LogP contribution in [0.2, 0.25) is 0 Å².